The van der Waals surface area contributed by atoms with Gasteiger partial charge in [-0.2, -0.15) is 0 Å². The van der Waals surface area contributed by atoms with Gasteiger partial charge in [0.05, 0.1) is 0 Å². The molecule has 3 rings (SSSR count). The summed E-state index contributed by atoms with van der Waals surface area (Å²) in [6.07, 6.45) is 1.07. The standard InChI is InChI=1S/C18H21NO/c1-18(2)17-12-14(20)8-9-16(17)15(10-11-19-18)13-6-4-3-5-7-13/h3-9,12,15,19-20H,10-11H2,1-2H3/t15-/m1/s1. The van der Waals surface area contributed by atoms with E-state index in [2.05, 4.69) is 55.6 Å². The van der Waals surface area contributed by atoms with Gasteiger partial charge < -0.3 is 10.4 Å². The number of aromatic hydroxyl groups is 1. The van der Waals surface area contributed by atoms with Gasteiger partial charge in [0.25, 0.3) is 0 Å². The van der Waals surface area contributed by atoms with Crippen molar-refractivity contribution >= 4 is 0 Å². The molecule has 0 aromatic heterocycles. The first kappa shape index (κ1) is 13.2. The second kappa shape index (κ2) is 4.95. The van der Waals surface area contributed by atoms with Crippen LogP contribution in [0.1, 0.15) is 42.9 Å². The van der Waals surface area contributed by atoms with Crippen molar-refractivity contribution in [1.82, 2.24) is 5.32 Å². The summed E-state index contributed by atoms with van der Waals surface area (Å²) < 4.78 is 0. The van der Waals surface area contributed by atoms with Crippen molar-refractivity contribution in [2.24, 2.45) is 0 Å². The number of benzene rings is 2. The monoisotopic (exact) mass is 267 g/mol. The van der Waals surface area contributed by atoms with E-state index in [1.165, 1.54) is 16.7 Å². The summed E-state index contributed by atoms with van der Waals surface area (Å²) in [4.78, 5) is 0. The number of phenolic OH excluding ortho intramolecular Hbond substituents is 1. The Morgan fingerprint density at radius 1 is 1.10 bits per heavy atom. The van der Waals surface area contributed by atoms with E-state index in [9.17, 15) is 5.11 Å². The van der Waals surface area contributed by atoms with Gasteiger partial charge in [-0.1, -0.05) is 36.4 Å². The van der Waals surface area contributed by atoms with Crippen LogP contribution in [0.25, 0.3) is 0 Å². The van der Waals surface area contributed by atoms with Crippen LogP contribution in [0, 0.1) is 0 Å². The summed E-state index contributed by atoms with van der Waals surface area (Å²) in [5.41, 5.74) is 3.75. The van der Waals surface area contributed by atoms with Gasteiger partial charge in [0.2, 0.25) is 0 Å². The molecule has 2 nitrogen and oxygen atoms in total. The number of rotatable bonds is 1. The molecule has 0 saturated heterocycles. The first-order valence-corrected chi connectivity index (χ1v) is 7.21. The minimum absolute atomic E-state index is 0.113. The Kier molecular flexibility index (Phi) is 3.27. The lowest BCUT2D eigenvalue weighted by molar-refractivity contribution is 0.407. The highest BCUT2D eigenvalue weighted by molar-refractivity contribution is 5.45. The molecule has 1 atom stereocenters. The molecular formula is C18H21NO. The zero-order valence-corrected chi connectivity index (χ0v) is 12.1. The summed E-state index contributed by atoms with van der Waals surface area (Å²) in [6, 6.07) is 16.4. The molecule has 2 aromatic carbocycles. The van der Waals surface area contributed by atoms with Crippen LogP contribution >= 0.6 is 0 Å². The Balaban J connectivity index is 2.15. The lowest BCUT2D eigenvalue weighted by Gasteiger charge is -2.27. The quantitative estimate of drug-likeness (QED) is 0.824. The zero-order valence-electron chi connectivity index (χ0n) is 12.1. The third kappa shape index (κ3) is 2.32. The van der Waals surface area contributed by atoms with Gasteiger partial charge in [-0.3, -0.25) is 0 Å². The maximum Gasteiger partial charge on any atom is 0.115 e. The van der Waals surface area contributed by atoms with Crippen LogP contribution < -0.4 is 5.32 Å². The average Bonchev–Trinajstić information content (AvgIpc) is 2.57. The van der Waals surface area contributed by atoms with E-state index in [0.717, 1.165) is 13.0 Å². The molecule has 1 aliphatic heterocycles. The van der Waals surface area contributed by atoms with Gasteiger partial charge in [-0.15, -0.1) is 0 Å². The molecule has 0 spiro atoms. The largest absolute Gasteiger partial charge is 0.508 e. The van der Waals surface area contributed by atoms with Crippen LogP contribution in [0.3, 0.4) is 0 Å². The van der Waals surface area contributed by atoms with Gasteiger partial charge in [-0.25, -0.2) is 0 Å². The molecule has 0 bridgehead atoms. The molecule has 2 aromatic rings. The Morgan fingerprint density at radius 2 is 1.85 bits per heavy atom. The molecule has 0 aliphatic carbocycles. The zero-order chi connectivity index (χ0) is 14.2. The van der Waals surface area contributed by atoms with Crippen LogP contribution in [-0.2, 0) is 5.54 Å². The van der Waals surface area contributed by atoms with Crippen LogP contribution in [-0.4, -0.2) is 11.7 Å². The Morgan fingerprint density at radius 3 is 2.60 bits per heavy atom. The van der Waals surface area contributed by atoms with E-state index in [1.54, 1.807) is 6.07 Å². The Hall–Kier alpha value is -1.80. The molecule has 1 heterocycles. The molecule has 104 valence electrons. The summed E-state index contributed by atoms with van der Waals surface area (Å²) in [5, 5.41) is 13.4. The summed E-state index contributed by atoms with van der Waals surface area (Å²) >= 11 is 0. The first-order chi connectivity index (χ1) is 9.58. The first-order valence-electron chi connectivity index (χ1n) is 7.21. The SMILES string of the molecule is CC1(C)NCC[C@H](c2ccccc2)c2ccc(O)cc21. The van der Waals surface area contributed by atoms with E-state index in [0.29, 0.717) is 11.7 Å². The van der Waals surface area contributed by atoms with Gasteiger partial charge in [0, 0.05) is 11.5 Å². The van der Waals surface area contributed by atoms with Gasteiger partial charge in [0.1, 0.15) is 5.75 Å². The third-order valence-electron chi connectivity index (χ3n) is 4.29. The molecule has 20 heavy (non-hydrogen) atoms. The van der Waals surface area contributed by atoms with Crippen molar-refractivity contribution in [2.45, 2.75) is 31.7 Å². The number of hydrogen-bond acceptors (Lipinski definition) is 2. The molecule has 0 unspecified atom stereocenters. The Labute approximate surface area is 120 Å². The van der Waals surface area contributed by atoms with Crippen molar-refractivity contribution < 1.29 is 5.11 Å². The Bertz CT molecular complexity index is 604. The average molecular weight is 267 g/mol. The van der Waals surface area contributed by atoms with E-state index in [-0.39, 0.29) is 5.54 Å². The van der Waals surface area contributed by atoms with Gasteiger partial charge >= 0.3 is 0 Å². The minimum atomic E-state index is -0.113. The summed E-state index contributed by atoms with van der Waals surface area (Å²) in [5.74, 6) is 0.730. The number of hydrogen-bond donors (Lipinski definition) is 2. The second-order valence-corrected chi connectivity index (χ2v) is 6.08. The fourth-order valence-electron chi connectivity index (χ4n) is 3.20. The molecule has 0 radical (unpaired) electrons. The smallest absolute Gasteiger partial charge is 0.115 e. The number of fused-ring (bicyclic) bond motifs is 1. The minimum Gasteiger partial charge on any atom is -0.508 e. The van der Waals surface area contributed by atoms with E-state index >= 15 is 0 Å². The third-order valence-corrected chi connectivity index (χ3v) is 4.29. The highest BCUT2D eigenvalue weighted by atomic mass is 16.3. The van der Waals surface area contributed by atoms with E-state index in [1.807, 2.05) is 6.07 Å². The molecular weight excluding hydrogens is 246 g/mol. The van der Waals surface area contributed by atoms with Gasteiger partial charge in [-0.05, 0) is 55.6 Å². The summed E-state index contributed by atoms with van der Waals surface area (Å²) in [7, 11) is 0. The number of nitrogens with one attached hydrogen (secondary N) is 1. The highest BCUT2D eigenvalue weighted by Gasteiger charge is 2.30. The van der Waals surface area contributed by atoms with Crippen LogP contribution in [0.2, 0.25) is 0 Å². The van der Waals surface area contributed by atoms with Crippen LogP contribution in [0.4, 0.5) is 0 Å². The fraction of sp³-hybridized carbons (Fsp3) is 0.333. The lowest BCUT2D eigenvalue weighted by atomic mass is 9.82. The van der Waals surface area contributed by atoms with E-state index < -0.39 is 0 Å². The molecule has 2 heteroatoms. The molecule has 2 N–H and O–H groups in total. The van der Waals surface area contributed by atoms with Gasteiger partial charge in [0.15, 0.2) is 0 Å². The van der Waals surface area contributed by atoms with E-state index in [4.69, 9.17) is 0 Å². The molecule has 0 amide bonds. The summed E-state index contributed by atoms with van der Waals surface area (Å²) in [6.45, 7) is 5.33. The fourth-order valence-corrected chi connectivity index (χ4v) is 3.20. The molecule has 0 fully saturated rings. The van der Waals surface area contributed by atoms with Crippen molar-refractivity contribution in [3.8, 4) is 5.75 Å². The van der Waals surface area contributed by atoms with Crippen LogP contribution in [0.15, 0.2) is 48.5 Å². The van der Waals surface area contributed by atoms with Crippen molar-refractivity contribution in [3.63, 3.8) is 0 Å². The number of phenols is 1. The maximum atomic E-state index is 9.84. The van der Waals surface area contributed by atoms with Crippen LogP contribution in [0.5, 0.6) is 5.75 Å². The lowest BCUT2D eigenvalue weighted by Crippen LogP contribution is -2.36. The highest BCUT2D eigenvalue weighted by Crippen LogP contribution is 2.38. The normalized spacial score (nSPS) is 21.0. The molecule has 0 saturated carbocycles. The van der Waals surface area contributed by atoms with Crippen molar-refractivity contribution in [2.75, 3.05) is 6.54 Å². The maximum absolute atomic E-state index is 9.84. The molecule has 1 aliphatic rings. The second-order valence-electron chi connectivity index (χ2n) is 6.08. The van der Waals surface area contributed by atoms with Crippen molar-refractivity contribution in [3.05, 3.63) is 65.2 Å². The topological polar surface area (TPSA) is 32.3 Å². The predicted octanol–water partition coefficient (Wildman–Crippen LogP) is 3.75. The predicted molar refractivity (Wildman–Crippen MR) is 82.0 cm³/mol. The van der Waals surface area contributed by atoms with Crippen molar-refractivity contribution in [1.29, 1.82) is 0 Å².